The fraction of sp³-hybridized carbons (Fsp3) is 0.462. The third-order valence-electron chi connectivity index (χ3n) is 2.10. The quantitative estimate of drug-likeness (QED) is 0.613. The van der Waals surface area contributed by atoms with Gasteiger partial charge < -0.3 is 4.74 Å². The van der Waals surface area contributed by atoms with Crippen LogP contribution in [0.2, 0.25) is 5.02 Å². The van der Waals surface area contributed by atoms with Crippen molar-refractivity contribution in [1.82, 2.24) is 0 Å². The Labute approximate surface area is 120 Å². The predicted octanol–water partition coefficient (Wildman–Crippen LogP) is 3.78. The van der Waals surface area contributed by atoms with E-state index < -0.39 is 16.8 Å². The molecule has 0 saturated heterocycles. The van der Waals surface area contributed by atoms with Gasteiger partial charge in [0.25, 0.3) is 0 Å². The van der Waals surface area contributed by atoms with E-state index in [0.29, 0.717) is 18.8 Å². The van der Waals surface area contributed by atoms with Crippen LogP contribution in [0.3, 0.4) is 0 Å². The molecule has 0 N–H and O–H groups in total. The highest BCUT2D eigenvalue weighted by Crippen LogP contribution is 2.20. The Bertz CT molecular complexity index is 486. The van der Waals surface area contributed by atoms with E-state index >= 15 is 0 Å². The molecular weight excluding hydrogens is 289 g/mol. The fourth-order valence-corrected chi connectivity index (χ4v) is 1.75. The summed E-state index contributed by atoms with van der Waals surface area (Å²) >= 11 is 5.56. The van der Waals surface area contributed by atoms with E-state index in [0.717, 1.165) is 0 Å². The van der Waals surface area contributed by atoms with E-state index in [1.807, 2.05) is 20.8 Å². The van der Waals surface area contributed by atoms with Crippen LogP contribution >= 0.6 is 11.6 Å². The van der Waals surface area contributed by atoms with Crippen LogP contribution in [0.15, 0.2) is 22.6 Å². The Morgan fingerprint density at radius 1 is 1.47 bits per heavy atom. The first kappa shape index (κ1) is 16.1. The molecule has 106 valence electrons. The molecule has 3 nitrogen and oxygen atoms in total. The van der Waals surface area contributed by atoms with Crippen LogP contribution in [0.1, 0.15) is 27.2 Å². The zero-order chi connectivity index (χ0) is 14.5. The van der Waals surface area contributed by atoms with Crippen LogP contribution in [-0.4, -0.2) is 21.8 Å². The van der Waals surface area contributed by atoms with Crippen molar-refractivity contribution in [3.8, 4) is 5.75 Å². The van der Waals surface area contributed by atoms with Crippen LogP contribution in [0.5, 0.6) is 5.75 Å². The first-order valence-electron chi connectivity index (χ1n) is 5.83. The first-order chi connectivity index (χ1) is 8.80. The second-order valence-electron chi connectivity index (χ2n) is 4.86. The van der Waals surface area contributed by atoms with Crippen molar-refractivity contribution in [3.05, 3.63) is 29.0 Å². The van der Waals surface area contributed by atoms with Crippen molar-refractivity contribution < 1.29 is 13.3 Å². The van der Waals surface area contributed by atoms with Gasteiger partial charge in [-0.25, -0.2) is 8.60 Å². The fourth-order valence-electron chi connectivity index (χ4n) is 1.07. The maximum absolute atomic E-state index is 13.1. The van der Waals surface area contributed by atoms with E-state index in [2.05, 4.69) is 4.40 Å². The molecule has 1 atom stereocenters. The maximum Gasteiger partial charge on any atom is 0.145 e. The highest BCUT2D eigenvalue weighted by molar-refractivity contribution is 7.85. The normalized spacial score (nSPS) is 13.7. The lowest BCUT2D eigenvalue weighted by atomic mass is 10.3. The van der Waals surface area contributed by atoms with E-state index in [1.165, 1.54) is 12.1 Å². The average Bonchev–Trinajstić information content (AvgIpc) is 2.31. The molecule has 0 bridgehead atoms. The first-order valence-corrected chi connectivity index (χ1v) is 7.31. The Kier molecular flexibility index (Phi) is 5.94. The standard InChI is InChI=1S/C13H17ClFNO2S/c1-13(2,3)19(17)16-7-4-8-18-10-5-6-11(14)12(15)9-10/h5-7,9H,4,8H2,1-3H3/b16-7+/t19-/m1/s1. The molecule has 1 aromatic rings. The molecular formula is C13H17ClFNO2S. The van der Waals surface area contributed by atoms with Crippen LogP contribution < -0.4 is 4.74 Å². The summed E-state index contributed by atoms with van der Waals surface area (Å²) in [6.45, 7) is 5.90. The molecule has 0 saturated carbocycles. The van der Waals surface area contributed by atoms with Crippen molar-refractivity contribution in [2.24, 2.45) is 4.40 Å². The second kappa shape index (κ2) is 7.01. The average molecular weight is 306 g/mol. The van der Waals surface area contributed by atoms with Gasteiger partial charge in [-0.3, -0.25) is 0 Å². The molecule has 0 amide bonds. The molecule has 19 heavy (non-hydrogen) atoms. The number of hydrogen-bond acceptors (Lipinski definition) is 2. The molecule has 0 fully saturated rings. The molecule has 6 heteroatoms. The highest BCUT2D eigenvalue weighted by Gasteiger charge is 2.17. The minimum atomic E-state index is -1.26. The number of halogens is 2. The summed E-state index contributed by atoms with van der Waals surface area (Å²) in [6.07, 6.45) is 2.07. The largest absolute Gasteiger partial charge is 0.493 e. The summed E-state index contributed by atoms with van der Waals surface area (Å²) in [5.41, 5.74) is 0. The molecule has 1 aromatic carbocycles. The van der Waals surface area contributed by atoms with Gasteiger partial charge in [0.05, 0.1) is 16.4 Å². The monoisotopic (exact) mass is 305 g/mol. The summed E-state index contributed by atoms with van der Waals surface area (Å²) < 4.78 is 33.6. The Hall–Kier alpha value is -0.940. The number of benzene rings is 1. The smallest absolute Gasteiger partial charge is 0.145 e. The summed E-state index contributed by atoms with van der Waals surface area (Å²) in [7, 11) is -1.26. The summed E-state index contributed by atoms with van der Waals surface area (Å²) in [5, 5.41) is 0.0643. The summed E-state index contributed by atoms with van der Waals surface area (Å²) in [4.78, 5) is 0. The number of hydrogen-bond donors (Lipinski definition) is 0. The van der Waals surface area contributed by atoms with Gasteiger partial charge in [0.2, 0.25) is 0 Å². The molecule has 1 rings (SSSR count). The molecule has 0 aliphatic rings. The van der Waals surface area contributed by atoms with Crippen molar-refractivity contribution in [2.45, 2.75) is 31.9 Å². The van der Waals surface area contributed by atoms with Gasteiger partial charge in [-0.2, -0.15) is 4.40 Å². The Morgan fingerprint density at radius 3 is 2.74 bits per heavy atom. The van der Waals surface area contributed by atoms with E-state index in [9.17, 15) is 8.60 Å². The maximum atomic E-state index is 13.1. The minimum Gasteiger partial charge on any atom is -0.493 e. The van der Waals surface area contributed by atoms with Crippen LogP contribution in [0, 0.1) is 5.82 Å². The van der Waals surface area contributed by atoms with Gasteiger partial charge >= 0.3 is 0 Å². The zero-order valence-corrected chi connectivity index (χ0v) is 12.7. The lowest BCUT2D eigenvalue weighted by Crippen LogP contribution is -2.19. The van der Waals surface area contributed by atoms with Gasteiger partial charge in [0.1, 0.15) is 22.6 Å². The number of ether oxygens (including phenoxy) is 1. The molecule has 0 spiro atoms. The van der Waals surface area contributed by atoms with Crippen molar-refractivity contribution in [3.63, 3.8) is 0 Å². The summed E-state index contributed by atoms with van der Waals surface area (Å²) in [5.74, 6) is -0.103. The topological polar surface area (TPSA) is 38.7 Å². The zero-order valence-electron chi connectivity index (χ0n) is 11.2. The van der Waals surface area contributed by atoms with Crippen LogP contribution in [0.25, 0.3) is 0 Å². The molecule has 0 unspecified atom stereocenters. The molecule has 0 heterocycles. The SMILES string of the molecule is CC(C)(C)[S@@](=O)/N=C/CCOc1ccc(Cl)c(F)c1. The lowest BCUT2D eigenvalue weighted by Gasteiger charge is -2.12. The van der Waals surface area contributed by atoms with Gasteiger partial charge in [-0.15, -0.1) is 0 Å². The van der Waals surface area contributed by atoms with Gasteiger partial charge in [-0.05, 0) is 32.9 Å². The third-order valence-corrected chi connectivity index (χ3v) is 3.80. The highest BCUT2D eigenvalue weighted by atomic mass is 35.5. The van der Waals surface area contributed by atoms with E-state index in [1.54, 1.807) is 12.3 Å². The molecule has 0 aromatic heterocycles. The summed E-state index contributed by atoms with van der Waals surface area (Å²) in [6, 6.07) is 4.26. The third kappa shape index (κ3) is 5.70. The van der Waals surface area contributed by atoms with Crippen molar-refractivity contribution in [2.75, 3.05) is 6.61 Å². The van der Waals surface area contributed by atoms with Crippen molar-refractivity contribution in [1.29, 1.82) is 0 Å². The Balaban J connectivity index is 2.37. The van der Waals surface area contributed by atoms with E-state index in [-0.39, 0.29) is 9.77 Å². The minimum absolute atomic E-state index is 0.0643. The molecule has 0 aliphatic heterocycles. The van der Waals surface area contributed by atoms with Gasteiger partial charge in [0, 0.05) is 18.7 Å². The van der Waals surface area contributed by atoms with Crippen LogP contribution in [-0.2, 0) is 11.0 Å². The lowest BCUT2D eigenvalue weighted by molar-refractivity contribution is 0.328. The van der Waals surface area contributed by atoms with Crippen LogP contribution in [0.4, 0.5) is 4.39 Å². The van der Waals surface area contributed by atoms with Crippen molar-refractivity contribution >= 4 is 28.8 Å². The van der Waals surface area contributed by atoms with Gasteiger partial charge in [0.15, 0.2) is 0 Å². The Morgan fingerprint density at radius 2 is 2.16 bits per heavy atom. The van der Waals surface area contributed by atoms with E-state index in [4.69, 9.17) is 16.3 Å². The second-order valence-corrected chi connectivity index (χ2v) is 7.20. The number of nitrogens with zero attached hydrogens (tertiary/aromatic N) is 1. The molecule has 0 radical (unpaired) electrons. The molecule has 0 aliphatic carbocycles. The van der Waals surface area contributed by atoms with Gasteiger partial charge in [-0.1, -0.05) is 11.6 Å². The number of rotatable bonds is 5. The predicted molar refractivity (Wildman–Crippen MR) is 77.9 cm³/mol.